The van der Waals surface area contributed by atoms with Gasteiger partial charge in [0.2, 0.25) is 0 Å². The molecule has 0 N–H and O–H groups in total. The maximum absolute atomic E-state index is 12.7. The van der Waals surface area contributed by atoms with Crippen molar-refractivity contribution in [2.24, 2.45) is 0 Å². The van der Waals surface area contributed by atoms with Crippen LogP contribution in [-0.4, -0.2) is 56.5 Å². The van der Waals surface area contributed by atoms with Crippen molar-refractivity contribution in [1.82, 2.24) is 4.90 Å². The molecular weight excluding hydrogens is 314 g/mol. The second-order valence-electron chi connectivity index (χ2n) is 5.10. The van der Waals surface area contributed by atoms with Crippen molar-refractivity contribution in [3.63, 3.8) is 0 Å². The van der Waals surface area contributed by atoms with E-state index in [1.165, 1.54) is 11.3 Å². The first-order valence-electron chi connectivity index (χ1n) is 6.90. The number of hydrogen-bond donors (Lipinski definition) is 0. The second kappa shape index (κ2) is 5.49. The number of sulfone groups is 1. The summed E-state index contributed by atoms with van der Waals surface area (Å²) in [5.41, 5.74) is 0. The highest BCUT2D eigenvalue weighted by atomic mass is 32.2. The molecule has 1 atom stereocenters. The Labute approximate surface area is 127 Å². The van der Waals surface area contributed by atoms with Crippen LogP contribution in [0.2, 0.25) is 0 Å². The normalized spacial score (nSPS) is 23.0. The van der Waals surface area contributed by atoms with Crippen LogP contribution in [-0.2, 0) is 9.84 Å². The fourth-order valence-corrected chi connectivity index (χ4v) is 5.35. The average Bonchev–Trinajstić information content (AvgIpc) is 3.03. The summed E-state index contributed by atoms with van der Waals surface area (Å²) in [6.45, 7) is 3.25. The van der Waals surface area contributed by atoms with E-state index in [0.29, 0.717) is 42.6 Å². The van der Waals surface area contributed by atoms with Crippen molar-refractivity contribution in [2.75, 3.05) is 31.3 Å². The van der Waals surface area contributed by atoms with Gasteiger partial charge in [-0.25, -0.2) is 8.42 Å². The maximum Gasteiger partial charge on any atom is 0.268 e. The van der Waals surface area contributed by atoms with E-state index in [2.05, 4.69) is 0 Å². The third-order valence-electron chi connectivity index (χ3n) is 3.75. The highest BCUT2D eigenvalue weighted by Gasteiger charge is 2.36. The number of amides is 1. The van der Waals surface area contributed by atoms with E-state index in [1.807, 2.05) is 6.92 Å². The Kier molecular flexibility index (Phi) is 3.83. The monoisotopic (exact) mass is 331 g/mol. The summed E-state index contributed by atoms with van der Waals surface area (Å²) in [7, 11) is -3.02. The van der Waals surface area contributed by atoms with Crippen molar-refractivity contribution in [3.8, 4) is 11.5 Å². The minimum Gasteiger partial charge on any atom is -0.485 e. The molecule has 6 nitrogen and oxygen atoms in total. The molecule has 8 heteroatoms. The predicted octanol–water partition coefficient (Wildman–Crippen LogP) is 1.17. The molecule has 1 fully saturated rings. The zero-order chi connectivity index (χ0) is 15.0. The molecule has 0 saturated carbocycles. The Balaban J connectivity index is 1.84. The number of nitrogens with zero attached hydrogens (tertiary/aromatic N) is 1. The largest absolute Gasteiger partial charge is 0.485 e. The zero-order valence-electron chi connectivity index (χ0n) is 11.7. The van der Waals surface area contributed by atoms with Gasteiger partial charge in [-0.2, -0.15) is 0 Å². The van der Waals surface area contributed by atoms with E-state index in [9.17, 15) is 13.2 Å². The molecule has 0 aliphatic carbocycles. The van der Waals surface area contributed by atoms with Crippen LogP contribution >= 0.6 is 11.3 Å². The predicted molar refractivity (Wildman–Crippen MR) is 79.1 cm³/mol. The van der Waals surface area contributed by atoms with Crippen molar-refractivity contribution < 1.29 is 22.7 Å². The quantitative estimate of drug-likeness (QED) is 0.831. The molecule has 2 aliphatic heterocycles. The Bertz CT molecular complexity index is 652. The number of thiophene rings is 1. The van der Waals surface area contributed by atoms with Gasteiger partial charge in [-0.05, 0) is 13.3 Å². The van der Waals surface area contributed by atoms with Gasteiger partial charge in [-0.1, -0.05) is 0 Å². The van der Waals surface area contributed by atoms with E-state index in [-0.39, 0.29) is 23.5 Å². The van der Waals surface area contributed by atoms with Gasteiger partial charge >= 0.3 is 0 Å². The molecule has 2 aliphatic rings. The number of hydrogen-bond acceptors (Lipinski definition) is 6. The molecule has 3 rings (SSSR count). The van der Waals surface area contributed by atoms with Crippen molar-refractivity contribution in [1.29, 1.82) is 0 Å². The standard InChI is InChI=1S/C13H17NO5S2/c1-2-14(9-3-6-21(16,17)8-9)13(15)12-11-10(7-20-12)18-4-5-19-11/h7,9H,2-6,8H2,1H3/t9-/m1/s1. The summed E-state index contributed by atoms with van der Waals surface area (Å²) in [6, 6.07) is -0.241. The summed E-state index contributed by atoms with van der Waals surface area (Å²) < 4.78 is 34.2. The van der Waals surface area contributed by atoms with Gasteiger partial charge in [0.1, 0.15) is 18.1 Å². The highest BCUT2D eigenvalue weighted by Crippen LogP contribution is 2.40. The first-order chi connectivity index (χ1) is 10.0. The van der Waals surface area contributed by atoms with Gasteiger partial charge in [-0.3, -0.25) is 4.79 Å². The van der Waals surface area contributed by atoms with Crippen molar-refractivity contribution >= 4 is 27.1 Å². The van der Waals surface area contributed by atoms with E-state index in [0.717, 1.165) is 0 Å². The first kappa shape index (κ1) is 14.6. The second-order valence-corrected chi connectivity index (χ2v) is 8.21. The van der Waals surface area contributed by atoms with Crippen LogP contribution in [0.3, 0.4) is 0 Å². The number of fused-ring (bicyclic) bond motifs is 1. The summed E-state index contributed by atoms with van der Waals surface area (Å²) >= 11 is 1.29. The van der Waals surface area contributed by atoms with E-state index in [4.69, 9.17) is 9.47 Å². The number of carbonyl (C=O) groups is 1. The Morgan fingerprint density at radius 3 is 2.86 bits per heavy atom. The lowest BCUT2D eigenvalue weighted by atomic mass is 10.2. The summed E-state index contributed by atoms with van der Waals surface area (Å²) in [6.07, 6.45) is 0.507. The summed E-state index contributed by atoms with van der Waals surface area (Å²) in [5.74, 6) is 1.14. The molecule has 1 aromatic heterocycles. The minimum atomic E-state index is -3.02. The van der Waals surface area contributed by atoms with Crippen molar-refractivity contribution in [2.45, 2.75) is 19.4 Å². The molecule has 3 heterocycles. The molecule has 1 aromatic rings. The van der Waals surface area contributed by atoms with Crippen LogP contribution in [0.1, 0.15) is 23.0 Å². The molecule has 21 heavy (non-hydrogen) atoms. The van der Waals surface area contributed by atoms with Crippen LogP contribution in [0.25, 0.3) is 0 Å². The fraction of sp³-hybridized carbons (Fsp3) is 0.615. The molecule has 0 unspecified atom stereocenters. The molecule has 0 radical (unpaired) electrons. The lowest BCUT2D eigenvalue weighted by Gasteiger charge is -2.27. The molecule has 1 amide bonds. The molecule has 116 valence electrons. The fourth-order valence-electron chi connectivity index (χ4n) is 2.73. The van der Waals surface area contributed by atoms with E-state index < -0.39 is 9.84 Å². The van der Waals surface area contributed by atoms with Gasteiger partial charge in [-0.15, -0.1) is 11.3 Å². The topological polar surface area (TPSA) is 72.9 Å². The van der Waals surface area contributed by atoms with Crippen LogP contribution in [0.5, 0.6) is 11.5 Å². The molecule has 0 bridgehead atoms. The van der Waals surface area contributed by atoms with E-state index >= 15 is 0 Å². The number of rotatable bonds is 3. The highest BCUT2D eigenvalue weighted by molar-refractivity contribution is 7.91. The lowest BCUT2D eigenvalue weighted by Crippen LogP contribution is -2.40. The minimum absolute atomic E-state index is 0.0531. The average molecular weight is 331 g/mol. The van der Waals surface area contributed by atoms with Crippen LogP contribution < -0.4 is 9.47 Å². The zero-order valence-corrected chi connectivity index (χ0v) is 13.3. The third-order valence-corrected chi connectivity index (χ3v) is 6.42. The van der Waals surface area contributed by atoms with Gasteiger partial charge in [0.25, 0.3) is 5.91 Å². The van der Waals surface area contributed by atoms with E-state index in [1.54, 1.807) is 10.3 Å². The van der Waals surface area contributed by atoms with Gasteiger partial charge in [0, 0.05) is 18.0 Å². The molecular formula is C13H17NO5S2. The lowest BCUT2D eigenvalue weighted by molar-refractivity contribution is 0.0705. The maximum atomic E-state index is 12.7. The SMILES string of the molecule is CCN(C(=O)c1scc2c1OCCO2)[C@@H]1CCS(=O)(=O)C1. The van der Waals surface area contributed by atoms with Crippen LogP contribution in [0.15, 0.2) is 5.38 Å². The van der Waals surface area contributed by atoms with Crippen LogP contribution in [0, 0.1) is 0 Å². The Hall–Kier alpha value is -1.28. The summed E-state index contributed by atoms with van der Waals surface area (Å²) in [5, 5.41) is 1.76. The summed E-state index contributed by atoms with van der Waals surface area (Å²) in [4.78, 5) is 14.8. The third kappa shape index (κ3) is 2.74. The van der Waals surface area contributed by atoms with Crippen molar-refractivity contribution in [3.05, 3.63) is 10.3 Å². The smallest absolute Gasteiger partial charge is 0.268 e. The Morgan fingerprint density at radius 2 is 2.19 bits per heavy atom. The molecule has 0 aromatic carbocycles. The number of ether oxygens (including phenoxy) is 2. The van der Waals surface area contributed by atoms with Gasteiger partial charge in [0.05, 0.1) is 11.5 Å². The Morgan fingerprint density at radius 1 is 1.43 bits per heavy atom. The first-order valence-corrected chi connectivity index (χ1v) is 9.60. The molecule has 1 saturated heterocycles. The number of carbonyl (C=O) groups excluding carboxylic acids is 1. The van der Waals surface area contributed by atoms with Crippen LogP contribution in [0.4, 0.5) is 0 Å². The molecule has 0 spiro atoms. The van der Waals surface area contributed by atoms with Gasteiger partial charge in [0.15, 0.2) is 21.3 Å². The van der Waals surface area contributed by atoms with Gasteiger partial charge < -0.3 is 14.4 Å².